The molecule has 0 radical (unpaired) electrons. The number of aromatic nitrogens is 1. The molecule has 1 amide bonds. The number of hydrogen-bond acceptors (Lipinski definition) is 8. The van der Waals surface area contributed by atoms with Crippen LogP contribution in [0.5, 0.6) is 0 Å². The van der Waals surface area contributed by atoms with Crippen LogP contribution < -0.4 is 5.32 Å². The summed E-state index contributed by atoms with van der Waals surface area (Å²) in [6.45, 7) is 1.54. The first-order valence-electron chi connectivity index (χ1n) is 6.02. The number of amides is 1. The van der Waals surface area contributed by atoms with E-state index < -0.39 is 11.9 Å². The van der Waals surface area contributed by atoms with Crippen molar-refractivity contribution in [2.45, 2.75) is 13.5 Å². The van der Waals surface area contributed by atoms with Crippen molar-refractivity contribution in [2.24, 2.45) is 0 Å². The van der Waals surface area contributed by atoms with Gasteiger partial charge in [-0.1, -0.05) is 0 Å². The molecule has 1 aromatic rings. The lowest BCUT2D eigenvalue weighted by Crippen LogP contribution is -2.35. The lowest BCUT2D eigenvalue weighted by Gasteiger charge is -2.18. The van der Waals surface area contributed by atoms with Crippen LogP contribution in [-0.2, 0) is 30.4 Å². The van der Waals surface area contributed by atoms with Gasteiger partial charge in [-0.15, -0.1) is 11.3 Å². The number of thiazole rings is 1. The van der Waals surface area contributed by atoms with Crippen LogP contribution in [0.25, 0.3) is 0 Å². The number of ether oxygens (including phenoxy) is 2. The minimum absolute atomic E-state index is 0.0569. The summed E-state index contributed by atoms with van der Waals surface area (Å²) in [6.07, 6.45) is 0. The lowest BCUT2D eigenvalue weighted by molar-refractivity contribution is -0.145. The van der Waals surface area contributed by atoms with E-state index in [1.165, 1.54) is 32.5 Å². The van der Waals surface area contributed by atoms with Gasteiger partial charge < -0.3 is 14.8 Å². The number of nitrogens with zero attached hydrogens (tertiary/aromatic N) is 2. The van der Waals surface area contributed by atoms with Crippen LogP contribution in [0.1, 0.15) is 12.6 Å². The van der Waals surface area contributed by atoms with Crippen LogP contribution in [0.3, 0.4) is 0 Å². The third-order valence-corrected chi connectivity index (χ3v) is 3.19. The molecule has 0 bridgehead atoms. The van der Waals surface area contributed by atoms with E-state index in [0.717, 1.165) is 0 Å². The fraction of sp³-hybridized carbons (Fsp3) is 0.500. The molecule has 1 rings (SSSR count). The smallest absolute Gasteiger partial charge is 0.319 e. The Hall–Kier alpha value is -2.00. The molecule has 0 aliphatic heterocycles. The molecule has 0 aliphatic rings. The standard InChI is InChI=1S/C12H17N3O5S/c1-8(16)13-12-14-9(7-21-12)4-15(5-10(17)19-2)6-11(18)20-3/h7H,4-6H2,1-3H3,(H,13,14,16). The molecule has 0 unspecified atom stereocenters. The van der Waals surface area contributed by atoms with Gasteiger partial charge in [0.1, 0.15) is 0 Å². The van der Waals surface area contributed by atoms with Crippen molar-refractivity contribution in [2.75, 3.05) is 32.6 Å². The maximum absolute atomic E-state index is 11.3. The summed E-state index contributed by atoms with van der Waals surface area (Å²) < 4.78 is 9.17. The Kier molecular flexibility index (Phi) is 6.76. The molecule has 0 atom stereocenters. The average molecular weight is 315 g/mol. The minimum atomic E-state index is -0.462. The molecule has 0 saturated heterocycles. The number of nitrogens with one attached hydrogen (secondary N) is 1. The van der Waals surface area contributed by atoms with E-state index in [1.54, 1.807) is 10.3 Å². The summed E-state index contributed by atoms with van der Waals surface area (Å²) in [5.41, 5.74) is 0.636. The predicted molar refractivity (Wildman–Crippen MR) is 75.7 cm³/mol. The van der Waals surface area contributed by atoms with Crippen molar-refractivity contribution in [3.63, 3.8) is 0 Å². The average Bonchev–Trinajstić information content (AvgIpc) is 2.84. The predicted octanol–water partition coefficient (Wildman–Crippen LogP) is 0.249. The second-order valence-corrected chi connectivity index (χ2v) is 4.98. The second kappa shape index (κ2) is 8.32. The Morgan fingerprint density at radius 1 is 1.24 bits per heavy atom. The van der Waals surface area contributed by atoms with E-state index in [9.17, 15) is 14.4 Å². The van der Waals surface area contributed by atoms with Crippen molar-refractivity contribution < 1.29 is 23.9 Å². The van der Waals surface area contributed by atoms with Gasteiger partial charge in [0.15, 0.2) is 5.13 Å². The zero-order valence-electron chi connectivity index (χ0n) is 12.0. The second-order valence-electron chi connectivity index (χ2n) is 4.12. The first-order chi connectivity index (χ1) is 9.94. The summed E-state index contributed by atoms with van der Waals surface area (Å²) in [5.74, 6) is -1.13. The van der Waals surface area contributed by atoms with Crippen LogP contribution in [0.15, 0.2) is 5.38 Å². The van der Waals surface area contributed by atoms with Crippen LogP contribution in [0, 0.1) is 0 Å². The van der Waals surface area contributed by atoms with Gasteiger partial charge >= 0.3 is 11.9 Å². The van der Waals surface area contributed by atoms with Gasteiger partial charge in [0, 0.05) is 18.8 Å². The Bertz CT molecular complexity index is 499. The number of methoxy groups -OCH3 is 2. The van der Waals surface area contributed by atoms with E-state index in [2.05, 4.69) is 19.8 Å². The number of carbonyl (C=O) groups is 3. The summed E-state index contributed by atoms with van der Waals surface area (Å²) in [4.78, 5) is 39.4. The van der Waals surface area contributed by atoms with E-state index in [1.807, 2.05) is 0 Å². The number of carbonyl (C=O) groups excluding carboxylic acids is 3. The van der Waals surface area contributed by atoms with E-state index in [-0.39, 0.29) is 25.5 Å². The number of anilines is 1. The number of rotatable bonds is 7. The highest BCUT2D eigenvalue weighted by Crippen LogP contribution is 2.16. The summed E-state index contributed by atoms with van der Waals surface area (Å²) >= 11 is 1.27. The van der Waals surface area contributed by atoms with Gasteiger partial charge in [0.2, 0.25) is 5.91 Å². The molecule has 0 spiro atoms. The van der Waals surface area contributed by atoms with Crippen LogP contribution >= 0.6 is 11.3 Å². The van der Waals surface area contributed by atoms with Crippen LogP contribution in [0.2, 0.25) is 0 Å². The minimum Gasteiger partial charge on any atom is -0.468 e. The highest BCUT2D eigenvalue weighted by atomic mass is 32.1. The van der Waals surface area contributed by atoms with E-state index in [4.69, 9.17) is 0 Å². The lowest BCUT2D eigenvalue weighted by atomic mass is 10.4. The fourth-order valence-corrected chi connectivity index (χ4v) is 2.23. The molecular weight excluding hydrogens is 298 g/mol. The zero-order chi connectivity index (χ0) is 15.8. The van der Waals surface area contributed by atoms with Crippen molar-refractivity contribution in [3.05, 3.63) is 11.1 Å². The molecule has 1 N–H and O–H groups in total. The maximum Gasteiger partial charge on any atom is 0.319 e. The Labute approximate surface area is 126 Å². The van der Waals surface area contributed by atoms with Crippen molar-refractivity contribution in [1.29, 1.82) is 0 Å². The number of hydrogen-bond donors (Lipinski definition) is 1. The Morgan fingerprint density at radius 2 is 1.81 bits per heavy atom. The molecule has 0 aromatic carbocycles. The third kappa shape index (κ3) is 6.32. The van der Waals surface area contributed by atoms with Crippen LogP contribution in [0.4, 0.5) is 5.13 Å². The van der Waals surface area contributed by atoms with Gasteiger partial charge in [-0.25, -0.2) is 4.98 Å². The molecule has 1 heterocycles. The highest BCUT2D eigenvalue weighted by molar-refractivity contribution is 7.13. The normalized spacial score (nSPS) is 10.3. The van der Waals surface area contributed by atoms with Crippen LogP contribution in [-0.4, -0.2) is 55.0 Å². The van der Waals surface area contributed by atoms with Gasteiger partial charge in [-0.3, -0.25) is 19.3 Å². The van der Waals surface area contributed by atoms with Crippen molar-refractivity contribution in [3.8, 4) is 0 Å². The highest BCUT2D eigenvalue weighted by Gasteiger charge is 2.17. The Balaban J connectivity index is 2.70. The molecule has 9 heteroatoms. The molecule has 0 fully saturated rings. The quantitative estimate of drug-likeness (QED) is 0.720. The third-order valence-electron chi connectivity index (χ3n) is 2.38. The van der Waals surface area contributed by atoms with Gasteiger partial charge in [-0.05, 0) is 0 Å². The fourth-order valence-electron chi connectivity index (χ4n) is 1.48. The monoisotopic (exact) mass is 315 g/mol. The molecule has 8 nitrogen and oxygen atoms in total. The SMILES string of the molecule is COC(=O)CN(CC(=O)OC)Cc1csc(NC(C)=O)n1. The number of esters is 2. The summed E-state index contributed by atoms with van der Waals surface area (Å²) in [7, 11) is 2.55. The summed E-state index contributed by atoms with van der Waals surface area (Å²) in [6, 6.07) is 0. The Morgan fingerprint density at radius 3 is 2.29 bits per heavy atom. The molecule has 0 aliphatic carbocycles. The van der Waals surface area contributed by atoms with Gasteiger partial charge in [0.25, 0.3) is 0 Å². The summed E-state index contributed by atoms with van der Waals surface area (Å²) in [5, 5.41) is 4.78. The van der Waals surface area contributed by atoms with E-state index in [0.29, 0.717) is 10.8 Å². The van der Waals surface area contributed by atoms with Crippen molar-refractivity contribution >= 4 is 34.3 Å². The molecular formula is C12H17N3O5S. The van der Waals surface area contributed by atoms with E-state index >= 15 is 0 Å². The molecule has 21 heavy (non-hydrogen) atoms. The maximum atomic E-state index is 11.3. The van der Waals surface area contributed by atoms with Gasteiger partial charge in [-0.2, -0.15) is 0 Å². The molecule has 116 valence electrons. The van der Waals surface area contributed by atoms with Crippen molar-refractivity contribution in [1.82, 2.24) is 9.88 Å². The molecule has 0 saturated carbocycles. The van der Waals surface area contributed by atoms with Gasteiger partial charge in [0.05, 0.1) is 33.0 Å². The topological polar surface area (TPSA) is 97.8 Å². The first kappa shape index (κ1) is 17.1. The molecule has 1 aromatic heterocycles. The zero-order valence-corrected chi connectivity index (χ0v) is 12.9. The first-order valence-corrected chi connectivity index (χ1v) is 6.90. The largest absolute Gasteiger partial charge is 0.468 e.